The van der Waals surface area contributed by atoms with Crippen molar-refractivity contribution in [2.24, 2.45) is 5.92 Å². The van der Waals surface area contributed by atoms with E-state index < -0.39 is 10.0 Å². The molecule has 2 N–H and O–H groups in total. The second-order valence-electron chi connectivity index (χ2n) is 9.03. The third-order valence-corrected chi connectivity index (χ3v) is 9.08. The molecule has 4 nitrogen and oxygen atoms in total. The number of rotatable bonds is 4. The lowest BCUT2D eigenvalue weighted by molar-refractivity contribution is 0.425. The summed E-state index contributed by atoms with van der Waals surface area (Å²) in [6, 6.07) is 24.4. The van der Waals surface area contributed by atoms with Crippen molar-refractivity contribution in [3.05, 3.63) is 112 Å². The maximum Gasteiger partial charge on any atom is 0.261 e. The first-order chi connectivity index (χ1) is 16.9. The molecule has 4 aromatic carbocycles. The fourth-order valence-corrected chi connectivity index (χ4v) is 6.71. The average molecular weight is 521 g/mol. The van der Waals surface area contributed by atoms with Gasteiger partial charge in [-0.25, -0.2) is 8.42 Å². The standard InChI is InChI=1S/C28H22Cl2N2O2S/c29-24-13-11-18(15-25(24)30)28-22-9-4-8-21(22)23-16-19(12-14-26(23)31-28)35(33,34)32-27-10-3-6-17-5-1-2-7-20(17)27/h1-8,10-16,21-22,28,31-32H,9H2/t21-,22+,28+/m0/s1. The van der Waals surface area contributed by atoms with Gasteiger partial charge in [0, 0.05) is 17.0 Å². The second kappa shape index (κ2) is 8.59. The number of halogens is 2. The number of nitrogens with one attached hydrogen (secondary N) is 2. The van der Waals surface area contributed by atoms with Crippen molar-refractivity contribution in [1.29, 1.82) is 0 Å². The van der Waals surface area contributed by atoms with E-state index in [2.05, 4.69) is 22.2 Å². The van der Waals surface area contributed by atoms with Gasteiger partial charge in [-0.15, -0.1) is 0 Å². The number of anilines is 2. The Balaban J connectivity index is 1.36. The minimum Gasteiger partial charge on any atom is -0.378 e. The largest absolute Gasteiger partial charge is 0.378 e. The van der Waals surface area contributed by atoms with Crippen molar-refractivity contribution in [3.8, 4) is 0 Å². The topological polar surface area (TPSA) is 58.2 Å². The van der Waals surface area contributed by atoms with Crippen molar-refractivity contribution in [2.45, 2.75) is 23.3 Å². The Bertz CT molecular complexity index is 1590. The highest BCUT2D eigenvalue weighted by molar-refractivity contribution is 7.92. The lowest BCUT2D eigenvalue weighted by atomic mass is 9.77. The van der Waals surface area contributed by atoms with E-state index in [4.69, 9.17) is 23.2 Å². The molecule has 2 aliphatic rings. The lowest BCUT2D eigenvalue weighted by Crippen LogP contribution is -2.29. The molecule has 4 aromatic rings. The molecule has 7 heteroatoms. The normalized spacial score (nSPS) is 20.8. The van der Waals surface area contributed by atoms with Crippen LogP contribution < -0.4 is 10.0 Å². The fourth-order valence-electron chi connectivity index (χ4n) is 5.29. The molecule has 1 heterocycles. The molecule has 0 unspecified atom stereocenters. The van der Waals surface area contributed by atoms with Crippen molar-refractivity contribution in [3.63, 3.8) is 0 Å². The Kier molecular flexibility index (Phi) is 5.52. The van der Waals surface area contributed by atoms with E-state index in [0.717, 1.165) is 34.0 Å². The lowest BCUT2D eigenvalue weighted by Gasteiger charge is -2.37. The Labute approximate surface area is 214 Å². The van der Waals surface area contributed by atoms with Crippen molar-refractivity contribution >= 4 is 55.4 Å². The van der Waals surface area contributed by atoms with Crippen LogP contribution in [0.3, 0.4) is 0 Å². The van der Waals surface area contributed by atoms with Crippen LogP contribution in [-0.4, -0.2) is 8.42 Å². The summed E-state index contributed by atoms with van der Waals surface area (Å²) >= 11 is 12.4. The average Bonchev–Trinajstić information content (AvgIpc) is 3.35. The van der Waals surface area contributed by atoms with E-state index in [1.807, 2.05) is 60.7 Å². The number of allylic oxidation sites excluding steroid dienone is 2. The molecule has 6 rings (SSSR count). The van der Waals surface area contributed by atoms with Crippen LogP contribution in [0.25, 0.3) is 10.8 Å². The van der Waals surface area contributed by atoms with Gasteiger partial charge < -0.3 is 5.32 Å². The van der Waals surface area contributed by atoms with Gasteiger partial charge in [0.1, 0.15) is 0 Å². The minimum absolute atomic E-state index is 0.0496. The number of hydrogen-bond donors (Lipinski definition) is 2. The number of sulfonamides is 1. The van der Waals surface area contributed by atoms with Gasteiger partial charge in [-0.1, -0.05) is 77.8 Å². The van der Waals surface area contributed by atoms with Crippen LogP contribution in [0, 0.1) is 5.92 Å². The SMILES string of the molecule is O=S(=O)(Nc1cccc2ccccc12)c1ccc2c(c1)[C@H]1C=CC[C@H]1[C@@H](c1ccc(Cl)c(Cl)c1)N2. The Morgan fingerprint density at radius 3 is 2.57 bits per heavy atom. The molecule has 0 saturated heterocycles. The highest BCUT2D eigenvalue weighted by Gasteiger charge is 2.38. The number of fused-ring (bicyclic) bond motifs is 4. The van der Waals surface area contributed by atoms with E-state index >= 15 is 0 Å². The summed E-state index contributed by atoms with van der Waals surface area (Å²) in [5.74, 6) is 0.363. The zero-order chi connectivity index (χ0) is 24.2. The molecule has 0 spiro atoms. The molecular weight excluding hydrogens is 499 g/mol. The van der Waals surface area contributed by atoms with E-state index in [1.54, 1.807) is 18.2 Å². The number of hydrogen-bond acceptors (Lipinski definition) is 3. The van der Waals surface area contributed by atoms with E-state index in [1.165, 1.54) is 0 Å². The first-order valence-electron chi connectivity index (χ1n) is 11.4. The van der Waals surface area contributed by atoms with Crippen molar-refractivity contribution in [1.82, 2.24) is 0 Å². The maximum atomic E-state index is 13.4. The van der Waals surface area contributed by atoms with Crippen molar-refractivity contribution in [2.75, 3.05) is 10.0 Å². The maximum absolute atomic E-state index is 13.4. The highest BCUT2D eigenvalue weighted by atomic mass is 35.5. The monoisotopic (exact) mass is 520 g/mol. The quantitative estimate of drug-likeness (QED) is 0.270. The van der Waals surface area contributed by atoms with Gasteiger partial charge in [-0.05, 0) is 65.3 Å². The van der Waals surface area contributed by atoms with Crippen molar-refractivity contribution < 1.29 is 8.42 Å². The van der Waals surface area contributed by atoms with Gasteiger partial charge in [0.25, 0.3) is 10.0 Å². The first kappa shape index (κ1) is 22.5. The summed E-state index contributed by atoms with van der Waals surface area (Å²) in [6.45, 7) is 0. The molecule has 0 aromatic heterocycles. The van der Waals surface area contributed by atoms with E-state index in [9.17, 15) is 8.42 Å². The van der Waals surface area contributed by atoms with Crippen LogP contribution in [0.5, 0.6) is 0 Å². The molecule has 1 aliphatic carbocycles. The van der Waals surface area contributed by atoms with Crippen LogP contribution in [0.4, 0.5) is 11.4 Å². The van der Waals surface area contributed by atoms with E-state index in [0.29, 0.717) is 15.7 Å². The minimum atomic E-state index is -3.78. The molecule has 0 saturated carbocycles. The molecule has 176 valence electrons. The van der Waals surface area contributed by atoms with Gasteiger partial charge in [0.2, 0.25) is 0 Å². The summed E-state index contributed by atoms with van der Waals surface area (Å²) in [6.07, 6.45) is 5.25. The van der Waals surface area contributed by atoms with Gasteiger partial charge in [0.05, 0.1) is 26.7 Å². The predicted octanol–water partition coefficient (Wildman–Crippen LogP) is 7.77. The van der Waals surface area contributed by atoms with Gasteiger partial charge in [-0.3, -0.25) is 4.72 Å². The smallest absolute Gasteiger partial charge is 0.261 e. The Morgan fingerprint density at radius 1 is 0.886 bits per heavy atom. The molecule has 35 heavy (non-hydrogen) atoms. The highest BCUT2D eigenvalue weighted by Crippen LogP contribution is 2.50. The number of benzene rings is 4. The van der Waals surface area contributed by atoms with Crippen LogP contribution in [0.1, 0.15) is 29.5 Å². The molecular formula is C28H22Cl2N2O2S. The molecule has 3 atom stereocenters. The zero-order valence-corrected chi connectivity index (χ0v) is 20.9. The first-order valence-corrected chi connectivity index (χ1v) is 13.7. The van der Waals surface area contributed by atoms with Crippen LogP contribution in [0.2, 0.25) is 10.0 Å². The second-order valence-corrected chi connectivity index (χ2v) is 11.5. The fraction of sp³-hybridized carbons (Fsp3) is 0.143. The third-order valence-electron chi connectivity index (χ3n) is 6.98. The van der Waals surface area contributed by atoms with Crippen LogP contribution >= 0.6 is 23.2 Å². The van der Waals surface area contributed by atoms with Gasteiger partial charge >= 0.3 is 0 Å². The van der Waals surface area contributed by atoms with Crippen LogP contribution in [0.15, 0.2) is 95.9 Å². The molecule has 1 aliphatic heterocycles. The Morgan fingerprint density at radius 2 is 1.71 bits per heavy atom. The molecule has 0 amide bonds. The summed E-state index contributed by atoms with van der Waals surface area (Å²) in [4.78, 5) is 0.248. The molecule has 0 fully saturated rings. The van der Waals surface area contributed by atoms with Crippen LogP contribution in [-0.2, 0) is 10.0 Å². The third kappa shape index (κ3) is 3.98. The van der Waals surface area contributed by atoms with E-state index in [-0.39, 0.29) is 22.8 Å². The van der Waals surface area contributed by atoms with Gasteiger partial charge in [0.15, 0.2) is 0 Å². The predicted molar refractivity (Wildman–Crippen MR) is 144 cm³/mol. The summed E-state index contributed by atoms with van der Waals surface area (Å²) in [5.41, 5.74) is 3.55. The zero-order valence-electron chi connectivity index (χ0n) is 18.6. The summed E-state index contributed by atoms with van der Waals surface area (Å²) in [5, 5.41) is 6.53. The molecule has 0 bridgehead atoms. The van der Waals surface area contributed by atoms with Gasteiger partial charge in [-0.2, -0.15) is 0 Å². The molecule has 0 radical (unpaired) electrons. The summed E-state index contributed by atoms with van der Waals surface area (Å²) in [7, 11) is -3.78. The Hall–Kier alpha value is -2.99. The summed E-state index contributed by atoms with van der Waals surface area (Å²) < 4.78 is 29.6.